The molecule has 0 bridgehead atoms. The molecule has 112 valence electrons. The minimum absolute atomic E-state index is 0.0947. The third kappa shape index (κ3) is 2.79. The van der Waals surface area contributed by atoms with E-state index in [9.17, 15) is 8.42 Å². The number of nitrogen functional groups attached to an aromatic ring is 1. The summed E-state index contributed by atoms with van der Waals surface area (Å²) in [6.07, 6.45) is 5.37. The number of hydrogen-bond donors (Lipinski definition) is 1. The number of hydrogen-bond acceptors (Lipinski definition) is 4. The molecule has 1 aliphatic rings. The van der Waals surface area contributed by atoms with Crippen LogP contribution in [0.1, 0.15) is 18.9 Å². The summed E-state index contributed by atoms with van der Waals surface area (Å²) in [5.74, 6) is 0. The quantitative estimate of drug-likeness (QED) is 0.871. The third-order valence-corrected chi connectivity index (χ3v) is 5.66. The van der Waals surface area contributed by atoms with Gasteiger partial charge in [0.1, 0.15) is 0 Å². The Kier molecular flexibility index (Phi) is 3.69. The highest BCUT2D eigenvalue weighted by Crippen LogP contribution is 2.26. The van der Waals surface area contributed by atoms with Crippen LogP contribution in [0.2, 0.25) is 0 Å². The molecule has 0 spiro atoms. The Morgan fingerprint density at radius 1 is 1.24 bits per heavy atom. The Hall–Kier alpha value is -1.86. The molecule has 2 aromatic rings. The molecular weight excluding hydrogens is 288 g/mol. The van der Waals surface area contributed by atoms with E-state index in [1.54, 1.807) is 30.5 Å². The first kappa shape index (κ1) is 14.1. The molecule has 1 fully saturated rings. The highest BCUT2D eigenvalue weighted by Gasteiger charge is 2.31. The van der Waals surface area contributed by atoms with Crippen molar-refractivity contribution in [2.45, 2.75) is 23.8 Å². The minimum atomic E-state index is -3.47. The van der Waals surface area contributed by atoms with Crippen LogP contribution >= 0.6 is 0 Å². The minimum Gasteiger partial charge on any atom is -0.399 e. The number of aromatic nitrogens is 2. The van der Waals surface area contributed by atoms with Crippen LogP contribution in [0.15, 0.2) is 47.6 Å². The summed E-state index contributed by atoms with van der Waals surface area (Å²) >= 11 is 0. The van der Waals surface area contributed by atoms with Gasteiger partial charge in [0.25, 0.3) is 0 Å². The van der Waals surface area contributed by atoms with E-state index in [0.29, 0.717) is 18.8 Å². The fourth-order valence-electron chi connectivity index (χ4n) is 2.64. The average Bonchev–Trinajstić information content (AvgIpc) is 3.02. The molecule has 21 heavy (non-hydrogen) atoms. The summed E-state index contributed by atoms with van der Waals surface area (Å²) in [5.41, 5.74) is 6.17. The highest BCUT2D eigenvalue weighted by molar-refractivity contribution is 7.89. The summed E-state index contributed by atoms with van der Waals surface area (Å²) < 4.78 is 28.7. The molecule has 1 saturated heterocycles. The van der Waals surface area contributed by atoms with Crippen LogP contribution in [-0.2, 0) is 10.0 Å². The molecule has 0 radical (unpaired) electrons. The molecule has 1 aliphatic heterocycles. The van der Waals surface area contributed by atoms with Crippen molar-refractivity contribution < 1.29 is 8.42 Å². The zero-order valence-corrected chi connectivity index (χ0v) is 12.4. The van der Waals surface area contributed by atoms with E-state index in [1.165, 1.54) is 4.31 Å². The average molecular weight is 306 g/mol. The Balaban J connectivity index is 1.83. The number of nitrogens with two attached hydrogens (primary N) is 1. The van der Waals surface area contributed by atoms with Crippen molar-refractivity contribution in [3.63, 3.8) is 0 Å². The highest BCUT2D eigenvalue weighted by atomic mass is 32.2. The Bertz CT molecular complexity index is 695. The largest absolute Gasteiger partial charge is 0.399 e. The lowest BCUT2D eigenvalue weighted by Crippen LogP contribution is -2.40. The maximum absolute atomic E-state index is 12.7. The normalized spacial score (nSPS) is 20.5. The van der Waals surface area contributed by atoms with E-state index in [4.69, 9.17) is 5.73 Å². The molecule has 2 N–H and O–H groups in total. The standard InChI is InChI=1S/C14H18N4O2S/c15-12-4-6-14(7-5-12)21(19,20)17-9-1-3-13(11-17)18-10-2-8-16-18/h2,4-8,10,13H,1,3,9,11,15H2/t13-/m0/s1. The molecule has 1 aromatic heterocycles. The number of nitrogens with zero attached hydrogens (tertiary/aromatic N) is 3. The predicted octanol–water partition coefficient (Wildman–Crippen LogP) is 1.49. The molecule has 1 atom stereocenters. The third-order valence-electron chi connectivity index (χ3n) is 3.78. The smallest absolute Gasteiger partial charge is 0.243 e. The van der Waals surface area contributed by atoms with Crippen LogP contribution in [0.5, 0.6) is 0 Å². The first-order valence-corrected chi connectivity index (χ1v) is 8.36. The van der Waals surface area contributed by atoms with Gasteiger partial charge in [-0.1, -0.05) is 0 Å². The van der Waals surface area contributed by atoms with Gasteiger partial charge in [0.2, 0.25) is 10.0 Å². The van der Waals surface area contributed by atoms with Gasteiger partial charge in [-0.3, -0.25) is 4.68 Å². The monoisotopic (exact) mass is 306 g/mol. The van der Waals surface area contributed by atoms with E-state index in [2.05, 4.69) is 5.10 Å². The molecule has 0 aliphatic carbocycles. The summed E-state index contributed by atoms with van der Waals surface area (Å²) in [5, 5.41) is 4.22. The molecule has 0 saturated carbocycles. The van der Waals surface area contributed by atoms with Gasteiger partial charge in [-0.15, -0.1) is 0 Å². The van der Waals surface area contributed by atoms with Gasteiger partial charge in [0.05, 0.1) is 10.9 Å². The van der Waals surface area contributed by atoms with E-state index in [-0.39, 0.29) is 10.9 Å². The zero-order valence-electron chi connectivity index (χ0n) is 11.6. The number of sulfonamides is 1. The van der Waals surface area contributed by atoms with Gasteiger partial charge in [0, 0.05) is 31.2 Å². The SMILES string of the molecule is Nc1ccc(S(=O)(=O)N2CCC[C@H](n3cccn3)C2)cc1. The van der Waals surface area contributed by atoms with E-state index >= 15 is 0 Å². The van der Waals surface area contributed by atoms with Gasteiger partial charge in [-0.25, -0.2) is 8.42 Å². The van der Waals surface area contributed by atoms with Crippen LogP contribution in [0, 0.1) is 0 Å². The van der Waals surface area contributed by atoms with Gasteiger partial charge in [-0.05, 0) is 43.2 Å². The predicted molar refractivity (Wildman–Crippen MR) is 80.1 cm³/mol. The number of rotatable bonds is 3. The number of anilines is 1. The summed E-state index contributed by atoms with van der Waals surface area (Å²) in [4.78, 5) is 0.290. The summed E-state index contributed by atoms with van der Waals surface area (Å²) in [7, 11) is -3.47. The second-order valence-corrected chi connectivity index (χ2v) is 7.15. The number of benzene rings is 1. The van der Waals surface area contributed by atoms with Crippen LogP contribution in [0.4, 0.5) is 5.69 Å². The Morgan fingerprint density at radius 2 is 2.00 bits per heavy atom. The van der Waals surface area contributed by atoms with Crippen LogP contribution in [0.3, 0.4) is 0 Å². The zero-order chi connectivity index (χ0) is 14.9. The second-order valence-electron chi connectivity index (χ2n) is 5.21. The van der Waals surface area contributed by atoms with Crippen molar-refractivity contribution in [1.29, 1.82) is 0 Å². The lowest BCUT2D eigenvalue weighted by atomic mass is 10.1. The second kappa shape index (κ2) is 5.50. The molecule has 2 heterocycles. The maximum Gasteiger partial charge on any atom is 0.243 e. The number of piperidine rings is 1. The van der Waals surface area contributed by atoms with Crippen molar-refractivity contribution in [3.05, 3.63) is 42.7 Å². The van der Waals surface area contributed by atoms with Crippen molar-refractivity contribution in [2.24, 2.45) is 0 Å². The van der Waals surface area contributed by atoms with E-state index in [0.717, 1.165) is 12.8 Å². The van der Waals surface area contributed by atoms with Crippen LogP contribution in [-0.4, -0.2) is 35.6 Å². The van der Waals surface area contributed by atoms with Crippen molar-refractivity contribution in [1.82, 2.24) is 14.1 Å². The van der Waals surface area contributed by atoms with E-state index in [1.807, 2.05) is 16.9 Å². The molecular formula is C14H18N4O2S. The molecule has 3 rings (SSSR count). The fourth-order valence-corrected chi connectivity index (χ4v) is 4.16. The maximum atomic E-state index is 12.7. The topological polar surface area (TPSA) is 81.2 Å². The molecule has 6 nitrogen and oxygen atoms in total. The molecule has 1 aromatic carbocycles. The van der Waals surface area contributed by atoms with E-state index < -0.39 is 10.0 Å². The van der Waals surface area contributed by atoms with Gasteiger partial charge >= 0.3 is 0 Å². The van der Waals surface area contributed by atoms with Crippen molar-refractivity contribution >= 4 is 15.7 Å². The lowest BCUT2D eigenvalue weighted by Gasteiger charge is -2.32. The van der Waals surface area contributed by atoms with Gasteiger partial charge in [-0.2, -0.15) is 9.40 Å². The van der Waals surface area contributed by atoms with Crippen LogP contribution < -0.4 is 5.73 Å². The van der Waals surface area contributed by atoms with Gasteiger partial charge < -0.3 is 5.73 Å². The van der Waals surface area contributed by atoms with Crippen molar-refractivity contribution in [2.75, 3.05) is 18.8 Å². The Labute approximate surface area is 124 Å². The molecule has 0 unspecified atom stereocenters. The first-order chi connectivity index (χ1) is 10.1. The van der Waals surface area contributed by atoms with Crippen LogP contribution in [0.25, 0.3) is 0 Å². The summed E-state index contributed by atoms with van der Waals surface area (Å²) in [6, 6.07) is 8.29. The van der Waals surface area contributed by atoms with Crippen molar-refractivity contribution in [3.8, 4) is 0 Å². The Morgan fingerprint density at radius 3 is 2.67 bits per heavy atom. The fraction of sp³-hybridized carbons (Fsp3) is 0.357. The van der Waals surface area contributed by atoms with Gasteiger partial charge in [0.15, 0.2) is 0 Å². The molecule has 0 amide bonds. The lowest BCUT2D eigenvalue weighted by molar-refractivity contribution is 0.254. The summed E-state index contributed by atoms with van der Waals surface area (Å²) in [6.45, 7) is 0.999. The molecule has 7 heteroatoms. The first-order valence-electron chi connectivity index (χ1n) is 6.92.